The molecule has 3 unspecified atom stereocenters. The van der Waals surface area contributed by atoms with E-state index >= 15 is 0 Å². The second kappa shape index (κ2) is 7.03. The Hall–Kier alpha value is -1.42. The largest absolute Gasteiger partial charge is 0.338 e. The monoisotopic (exact) mass is 292 g/mol. The summed E-state index contributed by atoms with van der Waals surface area (Å²) in [6.45, 7) is 4.63. The van der Waals surface area contributed by atoms with Crippen LogP contribution in [0.25, 0.3) is 0 Å². The highest BCUT2D eigenvalue weighted by molar-refractivity contribution is 5.77. The lowest BCUT2D eigenvalue weighted by Crippen LogP contribution is -2.51. The van der Waals surface area contributed by atoms with Gasteiger partial charge in [0.05, 0.1) is 0 Å². The molecule has 21 heavy (non-hydrogen) atoms. The van der Waals surface area contributed by atoms with Gasteiger partial charge in [-0.15, -0.1) is 0 Å². The molecule has 3 atom stereocenters. The lowest BCUT2D eigenvalue weighted by Gasteiger charge is -2.38. The van der Waals surface area contributed by atoms with Crippen molar-refractivity contribution in [3.8, 4) is 0 Å². The number of carbonyl (C=O) groups is 1. The van der Waals surface area contributed by atoms with Gasteiger partial charge >= 0.3 is 0 Å². The third kappa shape index (κ3) is 3.82. The molecule has 1 aliphatic heterocycles. The van der Waals surface area contributed by atoms with Crippen molar-refractivity contribution in [2.24, 2.45) is 5.73 Å². The molecule has 1 amide bonds. The molecule has 1 aliphatic rings. The molecule has 0 aromatic heterocycles. The predicted octanol–water partition coefficient (Wildman–Crippen LogP) is 3.05. The van der Waals surface area contributed by atoms with Gasteiger partial charge in [0.2, 0.25) is 5.91 Å². The van der Waals surface area contributed by atoms with Crippen molar-refractivity contribution < 1.29 is 9.18 Å². The van der Waals surface area contributed by atoms with E-state index in [4.69, 9.17) is 5.73 Å². The van der Waals surface area contributed by atoms with E-state index in [1.54, 1.807) is 12.1 Å². The van der Waals surface area contributed by atoms with E-state index in [0.29, 0.717) is 12.0 Å². The van der Waals surface area contributed by atoms with Crippen molar-refractivity contribution >= 4 is 5.91 Å². The summed E-state index contributed by atoms with van der Waals surface area (Å²) in [4.78, 5) is 14.5. The van der Waals surface area contributed by atoms with E-state index in [1.807, 2.05) is 24.8 Å². The maximum atomic E-state index is 13.8. The quantitative estimate of drug-likeness (QED) is 0.927. The number of nitrogens with zero attached hydrogens (tertiary/aromatic N) is 1. The highest BCUT2D eigenvalue weighted by Gasteiger charge is 2.30. The molecule has 1 aromatic carbocycles. The molecular weight excluding hydrogens is 267 g/mol. The summed E-state index contributed by atoms with van der Waals surface area (Å²) in [6, 6.07) is 6.79. The number of rotatable bonds is 4. The highest BCUT2D eigenvalue weighted by Crippen LogP contribution is 2.26. The van der Waals surface area contributed by atoms with Crippen LogP contribution in [0.1, 0.15) is 51.0 Å². The standard InChI is InChI=1S/C17H25FN2O/c1-12(14-7-3-4-8-15(14)18)11-17(21)20-10-6-5-9-16(20)13(2)19/h3-4,7-8,12-13,16H,5-6,9-11,19H2,1-2H3. The topological polar surface area (TPSA) is 46.3 Å². The van der Waals surface area contributed by atoms with E-state index in [1.165, 1.54) is 6.07 Å². The van der Waals surface area contributed by atoms with Crippen molar-refractivity contribution in [3.05, 3.63) is 35.6 Å². The molecule has 2 N–H and O–H groups in total. The zero-order chi connectivity index (χ0) is 15.4. The molecular formula is C17H25FN2O. The molecule has 1 aromatic rings. The number of hydrogen-bond donors (Lipinski definition) is 1. The van der Waals surface area contributed by atoms with Gasteiger partial charge in [-0.3, -0.25) is 4.79 Å². The summed E-state index contributed by atoms with van der Waals surface area (Å²) in [6.07, 6.45) is 3.46. The number of likely N-dealkylation sites (tertiary alicyclic amines) is 1. The second-order valence-corrected chi connectivity index (χ2v) is 6.14. The third-order valence-electron chi connectivity index (χ3n) is 4.39. The Bertz CT molecular complexity index is 489. The fourth-order valence-corrected chi connectivity index (χ4v) is 3.18. The molecule has 2 rings (SSSR count). The van der Waals surface area contributed by atoms with Crippen LogP contribution in [0.15, 0.2) is 24.3 Å². The third-order valence-corrected chi connectivity index (χ3v) is 4.39. The van der Waals surface area contributed by atoms with Crippen molar-refractivity contribution in [2.45, 2.75) is 57.5 Å². The van der Waals surface area contributed by atoms with Gasteiger partial charge in [0.15, 0.2) is 0 Å². The van der Waals surface area contributed by atoms with Gasteiger partial charge in [-0.05, 0) is 43.7 Å². The first kappa shape index (κ1) is 16.0. The smallest absolute Gasteiger partial charge is 0.223 e. The van der Waals surface area contributed by atoms with Crippen molar-refractivity contribution in [1.82, 2.24) is 4.90 Å². The van der Waals surface area contributed by atoms with Crippen molar-refractivity contribution in [1.29, 1.82) is 0 Å². The van der Waals surface area contributed by atoms with E-state index in [0.717, 1.165) is 25.8 Å². The average molecular weight is 292 g/mol. The Kier molecular flexibility index (Phi) is 5.34. The molecule has 0 saturated carbocycles. The number of nitrogens with two attached hydrogens (primary N) is 1. The maximum Gasteiger partial charge on any atom is 0.223 e. The van der Waals surface area contributed by atoms with Gasteiger partial charge in [-0.25, -0.2) is 4.39 Å². The Morgan fingerprint density at radius 1 is 1.38 bits per heavy atom. The van der Waals surface area contributed by atoms with Crippen LogP contribution in [-0.4, -0.2) is 29.4 Å². The summed E-state index contributed by atoms with van der Waals surface area (Å²) in [5, 5.41) is 0. The van der Waals surface area contributed by atoms with Crippen LogP contribution >= 0.6 is 0 Å². The number of carbonyl (C=O) groups excluding carboxylic acids is 1. The molecule has 0 bridgehead atoms. The van der Waals surface area contributed by atoms with Crippen molar-refractivity contribution in [2.75, 3.05) is 6.54 Å². The number of amides is 1. The van der Waals surface area contributed by atoms with Crippen LogP contribution in [0.3, 0.4) is 0 Å². The molecule has 0 spiro atoms. The van der Waals surface area contributed by atoms with Crippen LogP contribution in [0, 0.1) is 5.82 Å². The molecule has 1 heterocycles. The second-order valence-electron chi connectivity index (χ2n) is 6.14. The SMILES string of the molecule is CC(CC(=O)N1CCCCC1C(C)N)c1ccccc1F. The minimum Gasteiger partial charge on any atom is -0.338 e. The molecule has 1 fully saturated rings. The molecule has 4 heteroatoms. The molecule has 1 saturated heterocycles. The Labute approximate surface area is 126 Å². The first-order valence-corrected chi connectivity index (χ1v) is 7.80. The fourth-order valence-electron chi connectivity index (χ4n) is 3.18. The van der Waals surface area contributed by atoms with Crippen LogP contribution in [0.2, 0.25) is 0 Å². The lowest BCUT2D eigenvalue weighted by molar-refractivity contribution is -0.135. The van der Waals surface area contributed by atoms with Gasteiger partial charge in [-0.1, -0.05) is 25.1 Å². The van der Waals surface area contributed by atoms with Crippen LogP contribution in [0.4, 0.5) is 4.39 Å². The highest BCUT2D eigenvalue weighted by atomic mass is 19.1. The minimum atomic E-state index is -0.236. The summed E-state index contributed by atoms with van der Waals surface area (Å²) >= 11 is 0. The van der Waals surface area contributed by atoms with Crippen LogP contribution in [0.5, 0.6) is 0 Å². The summed E-state index contributed by atoms with van der Waals surface area (Å²) < 4.78 is 13.8. The van der Waals surface area contributed by atoms with E-state index in [2.05, 4.69) is 0 Å². The van der Waals surface area contributed by atoms with Crippen LogP contribution in [-0.2, 0) is 4.79 Å². The van der Waals surface area contributed by atoms with Gasteiger partial charge in [0.25, 0.3) is 0 Å². The molecule has 0 radical (unpaired) electrons. The van der Waals surface area contributed by atoms with E-state index in [-0.39, 0.29) is 29.7 Å². The summed E-state index contributed by atoms with van der Waals surface area (Å²) in [7, 11) is 0. The average Bonchev–Trinajstić information content (AvgIpc) is 2.47. The van der Waals surface area contributed by atoms with Gasteiger partial charge < -0.3 is 10.6 Å². The predicted molar refractivity (Wildman–Crippen MR) is 82.4 cm³/mol. The fraction of sp³-hybridized carbons (Fsp3) is 0.588. The van der Waals surface area contributed by atoms with Gasteiger partial charge in [0, 0.05) is 25.0 Å². The van der Waals surface area contributed by atoms with Crippen LogP contribution < -0.4 is 5.73 Å². The zero-order valence-electron chi connectivity index (χ0n) is 12.9. The number of halogens is 1. The Morgan fingerprint density at radius 3 is 2.76 bits per heavy atom. The number of piperidine rings is 1. The lowest BCUT2D eigenvalue weighted by atomic mass is 9.93. The molecule has 116 valence electrons. The minimum absolute atomic E-state index is 0.0157. The first-order chi connectivity index (χ1) is 10.0. The van der Waals surface area contributed by atoms with E-state index < -0.39 is 0 Å². The maximum absolute atomic E-state index is 13.8. The molecule has 0 aliphatic carbocycles. The zero-order valence-corrected chi connectivity index (χ0v) is 12.9. The summed E-state index contributed by atoms with van der Waals surface area (Å²) in [5.41, 5.74) is 6.62. The van der Waals surface area contributed by atoms with Crippen molar-refractivity contribution in [3.63, 3.8) is 0 Å². The normalized spacial score (nSPS) is 21.9. The molecule has 3 nitrogen and oxygen atoms in total. The Morgan fingerprint density at radius 2 is 2.10 bits per heavy atom. The summed E-state index contributed by atoms with van der Waals surface area (Å²) in [5.74, 6) is -0.262. The van der Waals surface area contributed by atoms with E-state index in [9.17, 15) is 9.18 Å². The van der Waals surface area contributed by atoms with Gasteiger partial charge in [-0.2, -0.15) is 0 Å². The Balaban J connectivity index is 2.04. The first-order valence-electron chi connectivity index (χ1n) is 7.80. The van der Waals surface area contributed by atoms with Gasteiger partial charge in [0.1, 0.15) is 5.82 Å². The number of benzene rings is 1. The number of hydrogen-bond acceptors (Lipinski definition) is 2.